The molecule has 1 amide bonds. The fourth-order valence-electron chi connectivity index (χ4n) is 3.65. The number of H-pyrrole nitrogens is 1. The van der Waals surface area contributed by atoms with Crippen molar-refractivity contribution in [3.8, 4) is 11.3 Å². The van der Waals surface area contributed by atoms with E-state index in [4.69, 9.17) is 5.73 Å². The van der Waals surface area contributed by atoms with Gasteiger partial charge >= 0.3 is 6.18 Å². The lowest BCUT2D eigenvalue weighted by Crippen LogP contribution is -2.22. The molecule has 3 N–H and O–H groups in total. The number of hydrogen-bond acceptors (Lipinski definition) is 3. The Kier molecular flexibility index (Phi) is 5.46. The quantitative estimate of drug-likeness (QED) is 0.474. The summed E-state index contributed by atoms with van der Waals surface area (Å²) in [7, 11) is 0. The number of fused-ring (bicyclic) bond motifs is 1. The number of amides is 1. The molecule has 0 saturated carbocycles. The van der Waals surface area contributed by atoms with Crippen molar-refractivity contribution < 1.29 is 18.0 Å². The van der Waals surface area contributed by atoms with Crippen LogP contribution in [0.15, 0.2) is 60.8 Å². The zero-order chi connectivity index (χ0) is 22.0. The number of hydrogen-bond donors (Lipinski definition) is 2. The monoisotopic (exact) mass is 424 g/mol. The van der Waals surface area contributed by atoms with Crippen molar-refractivity contribution in [2.45, 2.75) is 25.4 Å². The van der Waals surface area contributed by atoms with E-state index in [2.05, 4.69) is 15.0 Å². The van der Waals surface area contributed by atoms with Crippen LogP contribution >= 0.6 is 0 Å². The molecule has 2 aromatic heterocycles. The lowest BCUT2D eigenvalue weighted by Gasteiger charge is -2.14. The molecule has 4 aromatic rings. The molecule has 4 rings (SSSR count). The fraction of sp³-hybridized carbons (Fsp3) is 0.174. The van der Waals surface area contributed by atoms with Gasteiger partial charge in [0.1, 0.15) is 12.2 Å². The molecule has 0 saturated heterocycles. The zero-order valence-electron chi connectivity index (χ0n) is 16.4. The summed E-state index contributed by atoms with van der Waals surface area (Å²) < 4.78 is 39.2. The maximum atomic E-state index is 13.1. The largest absolute Gasteiger partial charge is 0.396 e. The maximum Gasteiger partial charge on any atom is 0.396 e. The van der Waals surface area contributed by atoms with E-state index in [9.17, 15) is 18.0 Å². The minimum Gasteiger partial charge on any atom is -0.365 e. The summed E-state index contributed by atoms with van der Waals surface area (Å²) in [6, 6.07) is 16.3. The minimum atomic E-state index is -4.48. The normalized spacial score (nSPS) is 11.7. The van der Waals surface area contributed by atoms with Crippen LogP contribution in [0, 0.1) is 0 Å². The molecule has 2 aromatic carbocycles. The van der Waals surface area contributed by atoms with Gasteiger partial charge in [-0.15, -0.1) is 0 Å². The van der Waals surface area contributed by atoms with Crippen LogP contribution in [0.3, 0.4) is 0 Å². The minimum absolute atomic E-state index is 0.0527. The Morgan fingerprint density at radius 2 is 1.68 bits per heavy atom. The van der Waals surface area contributed by atoms with Gasteiger partial charge in [-0.1, -0.05) is 48.5 Å². The number of nitrogens with two attached hydrogens (primary N) is 1. The van der Waals surface area contributed by atoms with Crippen molar-refractivity contribution >= 4 is 16.8 Å². The van der Waals surface area contributed by atoms with Gasteiger partial charge < -0.3 is 10.7 Å². The molecular weight excluding hydrogens is 405 g/mol. The SMILES string of the molecule is NC(=O)c1c(CCc2c[nH]c3ccccc23)nc(CC(F)(F)F)nc1-c1ccccc1. The molecule has 8 heteroatoms. The molecule has 2 heterocycles. The predicted molar refractivity (Wildman–Crippen MR) is 111 cm³/mol. The number of alkyl halides is 3. The number of primary amides is 1. The van der Waals surface area contributed by atoms with Crippen LogP contribution in [0.5, 0.6) is 0 Å². The zero-order valence-corrected chi connectivity index (χ0v) is 16.4. The molecule has 0 unspecified atom stereocenters. The molecule has 0 atom stereocenters. The Morgan fingerprint density at radius 3 is 2.39 bits per heavy atom. The van der Waals surface area contributed by atoms with Gasteiger partial charge in [0, 0.05) is 22.7 Å². The van der Waals surface area contributed by atoms with E-state index in [0.717, 1.165) is 16.5 Å². The number of benzene rings is 2. The third-order valence-corrected chi connectivity index (χ3v) is 4.99. The highest BCUT2D eigenvalue weighted by molar-refractivity contribution is 6.00. The second-order valence-corrected chi connectivity index (χ2v) is 7.19. The number of para-hydroxylation sites is 1. The Labute approximate surface area is 176 Å². The Morgan fingerprint density at radius 1 is 0.968 bits per heavy atom. The number of aromatic nitrogens is 3. The second kappa shape index (κ2) is 8.22. The van der Waals surface area contributed by atoms with Crippen molar-refractivity contribution in [3.05, 3.63) is 83.4 Å². The highest BCUT2D eigenvalue weighted by atomic mass is 19.4. The van der Waals surface area contributed by atoms with E-state index < -0.39 is 18.5 Å². The molecule has 0 radical (unpaired) electrons. The van der Waals surface area contributed by atoms with Crippen LogP contribution in [0.25, 0.3) is 22.2 Å². The fourth-order valence-corrected chi connectivity index (χ4v) is 3.65. The molecule has 158 valence electrons. The van der Waals surface area contributed by atoms with E-state index >= 15 is 0 Å². The third kappa shape index (κ3) is 4.58. The maximum absolute atomic E-state index is 13.1. The molecule has 31 heavy (non-hydrogen) atoms. The number of carbonyl (C=O) groups is 1. The third-order valence-electron chi connectivity index (χ3n) is 4.99. The Hall–Kier alpha value is -3.68. The molecule has 0 aliphatic heterocycles. The summed E-state index contributed by atoms with van der Waals surface area (Å²) in [5.41, 5.74) is 8.45. The molecule has 0 aliphatic rings. The van der Waals surface area contributed by atoms with Crippen molar-refractivity contribution in [1.82, 2.24) is 15.0 Å². The van der Waals surface area contributed by atoms with Crippen molar-refractivity contribution in [1.29, 1.82) is 0 Å². The summed E-state index contributed by atoms with van der Waals surface area (Å²) in [6.07, 6.45) is -3.19. The van der Waals surface area contributed by atoms with Crippen LogP contribution in [0.1, 0.15) is 27.4 Å². The lowest BCUT2D eigenvalue weighted by atomic mass is 9.99. The lowest BCUT2D eigenvalue weighted by molar-refractivity contribution is -0.128. The van der Waals surface area contributed by atoms with Crippen molar-refractivity contribution in [2.24, 2.45) is 5.73 Å². The van der Waals surface area contributed by atoms with Gasteiger partial charge in [-0.3, -0.25) is 4.79 Å². The first-order chi connectivity index (χ1) is 14.8. The van der Waals surface area contributed by atoms with Gasteiger partial charge in [-0.2, -0.15) is 13.2 Å². The number of rotatable bonds is 6. The first-order valence-electron chi connectivity index (χ1n) is 9.68. The van der Waals surface area contributed by atoms with Crippen LogP contribution in [-0.4, -0.2) is 27.0 Å². The first-order valence-corrected chi connectivity index (χ1v) is 9.68. The smallest absolute Gasteiger partial charge is 0.365 e. The molecule has 0 bridgehead atoms. The van der Waals surface area contributed by atoms with Crippen LogP contribution in [0.4, 0.5) is 13.2 Å². The average Bonchev–Trinajstić information content (AvgIpc) is 3.14. The van der Waals surface area contributed by atoms with Crippen LogP contribution < -0.4 is 5.73 Å². The van der Waals surface area contributed by atoms with Crippen LogP contribution in [0.2, 0.25) is 0 Å². The van der Waals surface area contributed by atoms with E-state index in [-0.39, 0.29) is 29.2 Å². The van der Waals surface area contributed by atoms with Gasteiger partial charge in [0.2, 0.25) is 0 Å². The van der Waals surface area contributed by atoms with Gasteiger partial charge in [0.15, 0.2) is 0 Å². The topological polar surface area (TPSA) is 84.7 Å². The van der Waals surface area contributed by atoms with E-state index in [1.807, 2.05) is 30.5 Å². The summed E-state index contributed by atoms with van der Waals surface area (Å²) in [5.74, 6) is -1.16. The van der Waals surface area contributed by atoms with Gasteiger partial charge in [-0.25, -0.2) is 9.97 Å². The number of nitrogens with zero attached hydrogens (tertiary/aromatic N) is 2. The van der Waals surface area contributed by atoms with E-state index in [1.165, 1.54) is 0 Å². The number of aromatic amines is 1. The highest BCUT2D eigenvalue weighted by Gasteiger charge is 2.31. The molecule has 0 fully saturated rings. The number of carbonyl (C=O) groups excluding carboxylic acids is 1. The number of nitrogens with one attached hydrogen (secondary N) is 1. The summed E-state index contributed by atoms with van der Waals surface area (Å²) >= 11 is 0. The van der Waals surface area contributed by atoms with Gasteiger partial charge in [-0.05, 0) is 24.5 Å². The van der Waals surface area contributed by atoms with Gasteiger partial charge in [0.05, 0.1) is 17.0 Å². The number of halogens is 3. The van der Waals surface area contributed by atoms with E-state index in [0.29, 0.717) is 12.0 Å². The van der Waals surface area contributed by atoms with E-state index in [1.54, 1.807) is 30.3 Å². The van der Waals surface area contributed by atoms with Crippen LogP contribution in [-0.2, 0) is 19.3 Å². The highest BCUT2D eigenvalue weighted by Crippen LogP contribution is 2.28. The first kappa shape index (κ1) is 20.6. The molecule has 0 spiro atoms. The summed E-state index contributed by atoms with van der Waals surface area (Å²) in [5, 5.41) is 1.01. The average molecular weight is 424 g/mol. The summed E-state index contributed by atoms with van der Waals surface area (Å²) in [4.78, 5) is 23.6. The summed E-state index contributed by atoms with van der Waals surface area (Å²) in [6.45, 7) is 0. The predicted octanol–water partition coefficient (Wildman–Crippen LogP) is 4.61. The van der Waals surface area contributed by atoms with Crippen molar-refractivity contribution in [2.75, 3.05) is 0 Å². The van der Waals surface area contributed by atoms with Gasteiger partial charge in [0.25, 0.3) is 5.91 Å². The Bertz CT molecular complexity index is 1230. The molecular formula is C23H19F3N4O. The standard InChI is InChI=1S/C23H19F3N4O/c24-23(25,26)12-19-29-18(11-10-15-13-28-17-9-5-4-8-16(15)17)20(22(27)31)21(30-19)14-6-2-1-3-7-14/h1-9,13,28H,10-12H2,(H2,27,31). The second-order valence-electron chi connectivity index (χ2n) is 7.19. The van der Waals surface area contributed by atoms with Crippen molar-refractivity contribution in [3.63, 3.8) is 0 Å². The molecule has 0 aliphatic carbocycles. The Balaban J connectivity index is 1.79. The molecule has 5 nitrogen and oxygen atoms in total. The number of aryl methyl sites for hydroxylation is 2.